The van der Waals surface area contributed by atoms with Crippen LogP contribution < -0.4 is 0 Å². The average Bonchev–Trinajstić information content (AvgIpc) is 2.65. The fraction of sp³-hybridized carbons (Fsp3) is 0.700. The van der Waals surface area contributed by atoms with Crippen LogP contribution in [-0.2, 0) is 11.3 Å². The Balaban J connectivity index is 2.32. The van der Waals surface area contributed by atoms with Gasteiger partial charge in [0.1, 0.15) is 12.7 Å². The van der Waals surface area contributed by atoms with Gasteiger partial charge in [-0.15, -0.1) is 10.2 Å². The number of carbonyl (C=O) groups is 1. The summed E-state index contributed by atoms with van der Waals surface area (Å²) >= 11 is 0. The van der Waals surface area contributed by atoms with Gasteiger partial charge in [0.2, 0.25) is 0 Å². The van der Waals surface area contributed by atoms with Crippen LogP contribution in [0.1, 0.15) is 33.1 Å². The van der Waals surface area contributed by atoms with Gasteiger partial charge in [0, 0.05) is 13.0 Å². The predicted octanol–water partition coefficient (Wildman–Crippen LogP) is 1.56. The number of carboxylic acids is 1. The van der Waals surface area contributed by atoms with Gasteiger partial charge >= 0.3 is 5.97 Å². The van der Waals surface area contributed by atoms with Crippen LogP contribution in [0, 0.1) is 5.41 Å². The Kier molecular flexibility index (Phi) is 3.82. The zero-order valence-corrected chi connectivity index (χ0v) is 9.18. The van der Waals surface area contributed by atoms with Gasteiger partial charge in [0.25, 0.3) is 0 Å². The maximum Gasteiger partial charge on any atom is 0.303 e. The van der Waals surface area contributed by atoms with Crippen molar-refractivity contribution in [3.05, 3.63) is 12.7 Å². The molecule has 1 aromatic rings. The highest BCUT2D eigenvalue weighted by Crippen LogP contribution is 2.27. The monoisotopic (exact) mass is 211 g/mol. The topological polar surface area (TPSA) is 68.0 Å². The molecule has 0 aromatic carbocycles. The lowest BCUT2D eigenvalue weighted by Crippen LogP contribution is -2.16. The number of nitrogens with zero attached hydrogens (tertiary/aromatic N) is 3. The third-order valence-electron chi connectivity index (χ3n) is 2.53. The van der Waals surface area contributed by atoms with E-state index in [4.69, 9.17) is 5.11 Å². The van der Waals surface area contributed by atoms with Gasteiger partial charge in [-0.2, -0.15) is 0 Å². The zero-order valence-electron chi connectivity index (χ0n) is 9.18. The van der Waals surface area contributed by atoms with Gasteiger partial charge in [-0.1, -0.05) is 13.8 Å². The molecule has 0 aliphatic carbocycles. The summed E-state index contributed by atoms with van der Waals surface area (Å²) in [5.74, 6) is -0.729. The standard InChI is InChI=1S/C10H17N3O2/c1-10(2,4-3-9(14)15)5-6-13-7-11-12-8-13/h7-8H,3-6H2,1-2H3,(H,14,15). The van der Waals surface area contributed by atoms with E-state index in [0.29, 0.717) is 6.42 Å². The molecule has 0 aliphatic rings. The minimum Gasteiger partial charge on any atom is -0.481 e. The SMILES string of the molecule is CC(C)(CCC(=O)O)CCn1cnnc1. The first kappa shape index (κ1) is 11.7. The summed E-state index contributed by atoms with van der Waals surface area (Å²) in [6.45, 7) is 5.00. The molecule has 1 rings (SSSR count). The van der Waals surface area contributed by atoms with E-state index in [1.807, 2.05) is 4.57 Å². The lowest BCUT2D eigenvalue weighted by molar-refractivity contribution is -0.137. The Morgan fingerprint density at radius 1 is 1.33 bits per heavy atom. The fourth-order valence-electron chi connectivity index (χ4n) is 1.34. The van der Waals surface area contributed by atoms with E-state index in [-0.39, 0.29) is 11.8 Å². The van der Waals surface area contributed by atoms with Gasteiger partial charge in [0.15, 0.2) is 0 Å². The second-order valence-corrected chi connectivity index (χ2v) is 4.51. The van der Waals surface area contributed by atoms with Crippen LogP contribution in [0.5, 0.6) is 0 Å². The first-order valence-electron chi connectivity index (χ1n) is 5.04. The van der Waals surface area contributed by atoms with Crippen LogP contribution in [0.2, 0.25) is 0 Å². The lowest BCUT2D eigenvalue weighted by Gasteiger charge is -2.23. The maximum atomic E-state index is 10.5. The number of hydrogen-bond acceptors (Lipinski definition) is 3. The summed E-state index contributed by atoms with van der Waals surface area (Å²) in [6, 6.07) is 0. The molecule has 15 heavy (non-hydrogen) atoms. The van der Waals surface area contributed by atoms with E-state index >= 15 is 0 Å². The van der Waals surface area contributed by atoms with Gasteiger partial charge in [-0.3, -0.25) is 4.79 Å². The predicted molar refractivity (Wildman–Crippen MR) is 55.3 cm³/mol. The molecule has 0 amide bonds. The number of aliphatic carboxylic acids is 1. The molecule has 0 saturated carbocycles. The number of aryl methyl sites for hydroxylation is 1. The quantitative estimate of drug-likeness (QED) is 0.775. The molecular formula is C10H17N3O2. The molecule has 84 valence electrons. The van der Waals surface area contributed by atoms with Crippen LogP contribution >= 0.6 is 0 Å². The first-order valence-corrected chi connectivity index (χ1v) is 5.04. The van der Waals surface area contributed by atoms with Gasteiger partial charge < -0.3 is 9.67 Å². The molecule has 1 N–H and O–H groups in total. The molecule has 1 aromatic heterocycles. The molecule has 0 radical (unpaired) electrons. The van der Waals surface area contributed by atoms with Crippen molar-refractivity contribution in [1.29, 1.82) is 0 Å². The third kappa shape index (κ3) is 4.58. The maximum absolute atomic E-state index is 10.5. The number of rotatable bonds is 6. The molecule has 1 heterocycles. The summed E-state index contributed by atoms with van der Waals surface area (Å²) in [5, 5.41) is 16.0. The molecule has 0 atom stereocenters. The smallest absolute Gasteiger partial charge is 0.303 e. The van der Waals surface area contributed by atoms with Crippen molar-refractivity contribution in [2.75, 3.05) is 0 Å². The molecular weight excluding hydrogens is 194 g/mol. The normalized spacial score (nSPS) is 11.6. The highest BCUT2D eigenvalue weighted by Gasteiger charge is 2.18. The van der Waals surface area contributed by atoms with Crippen LogP contribution in [0.4, 0.5) is 0 Å². The van der Waals surface area contributed by atoms with Crippen molar-refractivity contribution in [3.8, 4) is 0 Å². The molecule has 0 unspecified atom stereocenters. The van der Waals surface area contributed by atoms with Crippen LogP contribution in [0.3, 0.4) is 0 Å². The number of aromatic nitrogens is 3. The van der Waals surface area contributed by atoms with Crippen molar-refractivity contribution in [2.45, 2.75) is 39.7 Å². The zero-order chi connectivity index (χ0) is 11.3. The summed E-state index contributed by atoms with van der Waals surface area (Å²) in [6.07, 6.45) is 5.21. The van der Waals surface area contributed by atoms with Crippen molar-refractivity contribution in [1.82, 2.24) is 14.8 Å². The Hall–Kier alpha value is -1.39. The van der Waals surface area contributed by atoms with E-state index in [2.05, 4.69) is 24.0 Å². The molecule has 5 heteroatoms. The van der Waals surface area contributed by atoms with E-state index in [9.17, 15) is 4.79 Å². The molecule has 0 fully saturated rings. The largest absolute Gasteiger partial charge is 0.481 e. The summed E-state index contributed by atoms with van der Waals surface area (Å²) in [7, 11) is 0. The van der Waals surface area contributed by atoms with E-state index in [1.165, 1.54) is 0 Å². The number of carboxylic acid groups (broad SMARTS) is 1. The van der Waals surface area contributed by atoms with E-state index in [0.717, 1.165) is 13.0 Å². The second kappa shape index (κ2) is 4.91. The third-order valence-corrected chi connectivity index (χ3v) is 2.53. The fourth-order valence-corrected chi connectivity index (χ4v) is 1.34. The molecule has 0 saturated heterocycles. The molecule has 0 bridgehead atoms. The van der Waals surface area contributed by atoms with Crippen LogP contribution in [-0.4, -0.2) is 25.8 Å². The van der Waals surface area contributed by atoms with Crippen LogP contribution in [0.15, 0.2) is 12.7 Å². The molecule has 5 nitrogen and oxygen atoms in total. The minimum atomic E-state index is -0.729. The van der Waals surface area contributed by atoms with E-state index in [1.54, 1.807) is 12.7 Å². The van der Waals surface area contributed by atoms with Gasteiger partial charge in [-0.05, 0) is 18.3 Å². The van der Waals surface area contributed by atoms with Crippen LogP contribution in [0.25, 0.3) is 0 Å². The van der Waals surface area contributed by atoms with Crippen molar-refractivity contribution in [2.24, 2.45) is 5.41 Å². The Bertz CT molecular complexity index is 306. The van der Waals surface area contributed by atoms with Gasteiger partial charge in [0.05, 0.1) is 0 Å². The van der Waals surface area contributed by atoms with Crippen molar-refractivity contribution in [3.63, 3.8) is 0 Å². The van der Waals surface area contributed by atoms with Gasteiger partial charge in [-0.25, -0.2) is 0 Å². The van der Waals surface area contributed by atoms with Crippen molar-refractivity contribution < 1.29 is 9.90 Å². The summed E-state index contributed by atoms with van der Waals surface area (Å²) in [4.78, 5) is 10.5. The minimum absolute atomic E-state index is 0.0443. The highest BCUT2D eigenvalue weighted by molar-refractivity contribution is 5.66. The lowest BCUT2D eigenvalue weighted by atomic mass is 9.84. The first-order chi connectivity index (χ1) is 6.99. The summed E-state index contributed by atoms with van der Waals surface area (Å²) < 4.78 is 1.91. The Morgan fingerprint density at radius 3 is 2.47 bits per heavy atom. The summed E-state index contributed by atoms with van der Waals surface area (Å²) in [5.41, 5.74) is 0.0443. The average molecular weight is 211 g/mol. The Morgan fingerprint density at radius 2 is 1.93 bits per heavy atom. The number of hydrogen-bond donors (Lipinski definition) is 1. The van der Waals surface area contributed by atoms with Crippen molar-refractivity contribution >= 4 is 5.97 Å². The molecule has 0 aliphatic heterocycles. The Labute approximate surface area is 89.1 Å². The van der Waals surface area contributed by atoms with E-state index < -0.39 is 5.97 Å². The second-order valence-electron chi connectivity index (χ2n) is 4.51. The highest BCUT2D eigenvalue weighted by atomic mass is 16.4. The molecule has 0 spiro atoms.